The number of fused-ring (bicyclic) bond motifs is 3. The second-order valence-electron chi connectivity index (χ2n) is 12.7. The average molecular weight is 600 g/mol. The standard InChI is InChI=1S/C35H38FN3O5/c1-4-22-28-25(31(38(2)3)34(43)30(22)35(37)44)16-20-15-24-23(8-9-26(40)29(24)33(42)27(20)32(28)41)19-7-5-6-18(14-19)17-39-12-10-21(36)11-13-39/h5-9,14,20-21,25,28,31,40-41,43H,1,10-13,15-17H2,2-3H3,(H2,37,44)/t20?,25?,28?,31-/m0/s1. The van der Waals surface area contributed by atoms with Crippen LogP contribution >= 0.6 is 0 Å². The lowest BCUT2D eigenvalue weighted by Gasteiger charge is -2.47. The number of aliphatic hydroxyl groups excluding tert-OH is 2. The number of nitrogens with zero attached hydrogens (tertiary/aromatic N) is 2. The van der Waals surface area contributed by atoms with Crippen molar-refractivity contribution in [1.29, 1.82) is 0 Å². The minimum Gasteiger partial charge on any atom is -0.511 e. The highest BCUT2D eigenvalue weighted by atomic mass is 19.1. The number of Topliss-reactive ketones (excluding diaryl/α,β-unsaturated/α-hetero) is 1. The quantitative estimate of drug-likeness (QED) is 0.366. The molecule has 9 heteroatoms. The van der Waals surface area contributed by atoms with Gasteiger partial charge in [0.15, 0.2) is 5.78 Å². The molecule has 0 radical (unpaired) electrons. The molecular weight excluding hydrogens is 561 g/mol. The van der Waals surface area contributed by atoms with E-state index < -0.39 is 41.7 Å². The number of hydrogen-bond donors (Lipinski definition) is 4. The van der Waals surface area contributed by atoms with Crippen LogP contribution in [0.25, 0.3) is 11.1 Å². The number of phenolic OH excluding ortho intramolecular Hbond substituents is 1. The second kappa shape index (κ2) is 11.4. The highest BCUT2D eigenvalue weighted by Crippen LogP contribution is 2.53. The van der Waals surface area contributed by atoms with Gasteiger partial charge >= 0.3 is 0 Å². The van der Waals surface area contributed by atoms with Gasteiger partial charge in [0.1, 0.15) is 23.4 Å². The molecule has 1 saturated heterocycles. The van der Waals surface area contributed by atoms with Crippen LogP contribution in [0.4, 0.5) is 4.39 Å². The summed E-state index contributed by atoms with van der Waals surface area (Å²) in [5, 5.41) is 33.9. The molecule has 1 amide bonds. The summed E-state index contributed by atoms with van der Waals surface area (Å²) >= 11 is 0. The summed E-state index contributed by atoms with van der Waals surface area (Å²) in [4.78, 5) is 30.6. The predicted molar refractivity (Wildman–Crippen MR) is 165 cm³/mol. The first-order chi connectivity index (χ1) is 21.0. The molecule has 4 atom stereocenters. The van der Waals surface area contributed by atoms with Crippen molar-refractivity contribution in [3.63, 3.8) is 0 Å². The number of ketones is 1. The first-order valence-electron chi connectivity index (χ1n) is 15.1. The minimum atomic E-state index is -0.865. The third-order valence-corrected chi connectivity index (χ3v) is 9.85. The Morgan fingerprint density at radius 3 is 2.52 bits per heavy atom. The zero-order valence-electron chi connectivity index (χ0n) is 25.0. The van der Waals surface area contributed by atoms with Crippen molar-refractivity contribution in [2.24, 2.45) is 23.5 Å². The molecule has 1 fully saturated rings. The molecule has 8 nitrogen and oxygen atoms in total. The van der Waals surface area contributed by atoms with Gasteiger partial charge in [0, 0.05) is 30.8 Å². The number of benzene rings is 2. The number of piperidine rings is 1. The Balaban J connectivity index is 1.42. The lowest BCUT2D eigenvalue weighted by atomic mass is 9.59. The molecule has 2 aromatic carbocycles. The van der Waals surface area contributed by atoms with Crippen LogP contribution in [-0.4, -0.2) is 76.2 Å². The molecule has 0 saturated carbocycles. The summed E-state index contributed by atoms with van der Waals surface area (Å²) < 4.78 is 13.7. The normalized spacial score (nSPS) is 25.9. The van der Waals surface area contributed by atoms with Gasteiger partial charge in [-0.2, -0.15) is 0 Å². The number of likely N-dealkylation sites (N-methyl/N-ethyl adjacent to an activating group) is 1. The largest absolute Gasteiger partial charge is 0.511 e. The number of phenols is 1. The molecule has 1 aliphatic heterocycles. The molecule has 3 aliphatic carbocycles. The van der Waals surface area contributed by atoms with Gasteiger partial charge in [-0.25, -0.2) is 4.39 Å². The van der Waals surface area contributed by atoms with E-state index in [9.17, 15) is 29.3 Å². The van der Waals surface area contributed by atoms with Gasteiger partial charge in [-0.1, -0.05) is 30.8 Å². The maximum absolute atomic E-state index is 14.2. The number of halogens is 1. The molecule has 2 aromatic rings. The number of hydrogen-bond acceptors (Lipinski definition) is 7. The molecule has 5 N–H and O–H groups in total. The topological polar surface area (TPSA) is 127 Å². The molecule has 230 valence electrons. The lowest BCUT2D eigenvalue weighted by molar-refractivity contribution is -0.114. The molecule has 3 unspecified atom stereocenters. The van der Waals surface area contributed by atoms with Crippen LogP contribution in [0.15, 0.2) is 76.9 Å². The predicted octanol–water partition coefficient (Wildman–Crippen LogP) is 4.75. The van der Waals surface area contributed by atoms with E-state index in [4.69, 9.17) is 5.73 Å². The number of rotatable bonds is 5. The molecule has 44 heavy (non-hydrogen) atoms. The van der Waals surface area contributed by atoms with Gasteiger partial charge in [-0.3, -0.25) is 19.4 Å². The Labute approximate surface area is 256 Å². The van der Waals surface area contributed by atoms with Crippen molar-refractivity contribution in [3.8, 4) is 16.9 Å². The van der Waals surface area contributed by atoms with Gasteiger partial charge in [0.2, 0.25) is 0 Å². The number of primary amides is 1. The van der Waals surface area contributed by atoms with Gasteiger partial charge in [-0.05, 0) is 86.0 Å². The lowest BCUT2D eigenvalue weighted by Crippen LogP contribution is -2.50. The van der Waals surface area contributed by atoms with E-state index >= 15 is 0 Å². The Morgan fingerprint density at radius 1 is 1.14 bits per heavy atom. The first kappa shape index (κ1) is 29.9. The van der Waals surface area contributed by atoms with Crippen molar-refractivity contribution in [1.82, 2.24) is 9.80 Å². The Kier molecular flexibility index (Phi) is 7.74. The van der Waals surface area contributed by atoms with Crippen LogP contribution in [0.1, 0.15) is 40.7 Å². The van der Waals surface area contributed by atoms with Gasteiger partial charge in [0.25, 0.3) is 5.91 Å². The van der Waals surface area contributed by atoms with Gasteiger partial charge in [-0.15, -0.1) is 5.73 Å². The number of allylic oxidation sites excluding steroid dienone is 2. The first-order valence-corrected chi connectivity index (χ1v) is 15.1. The third-order valence-electron chi connectivity index (χ3n) is 9.85. The highest BCUT2D eigenvalue weighted by Gasteiger charge is 2.52. The van der Waals surface area contributed by atoms with Crippen LogP contribution in [0.3, 0.4) is 0 Å². The van der Waals surface area contributed by atoms with E-state index in [2.05, 4.69) is 23.3 Å². The number of aromatic hydroxyl groups is 1. The van der Waals surface area contributed by atoms with E-state index in [-0.39, 0.29) is 39.6 Å². The van der Waals surface area contributed by atoms with E-state index in [0.29, 0.717) is 50.9 Å². The Bertz CT molecular complexity index is 1660. The zero-order valence-corrected chi connectivity index (χ0v) is 25.0. The van der Waals surface area contributed by atoms with E-state index in [1.165, 1.54) is 6.07 Å². The number of carbonyl (C=O) groups is 2. The fraction of sp³-hybridized carbons (Fsp3) is 0.400. The van der Waals surface area contributed by atoms with Gasteiger partial charge < -0.3 is 21.1 Å². The molecule has 1 heterocycles. The summed E-state index contributed by atoms with van der Waals surface area (Å²) in [7, 11) is 3.55. The van der Waals surface area contributed by atoms with E-state index in [0.717, 1.165) is 16.7 Å². The monoisotopic (exact) mass is 599 g/mol. The summed E-state index contributed by atoms with van der Waals surface area (Å²) in [6.07, 6.45) is 1.16. The summed E-state index contributed by atoms with van der Waals surface area (Å²) in [5.74, 6) is -3.48. The van der Waals surface area contributed by atoms with Crippen molar-refractivity contribution in [2.45, 2.75) is 44.4 Å². The number of amides is 1. The minimum absolute atomic E-state index is 0.145. The second-order valence-corrected chi connectivity index (χ2v) is 12.7. The third kappa shape index (κ3) is 4.85. The van der Waals surface area contributed by atoms with Crippen molar-refractivity contribution < 1.29 is 29.3 Å². The number of alkyl halides is 1. The number of likely N-dealkylation sites (tertiary alicyclic amines) is 1. The van der Waals surface area contributed by atoms with Crippen LogP contribution in [-0.2, 0) is 17.8 Å². The highest BCUT2D eigenvalue weighted by molar-refractivity contribution is 6.14. The number of aliphatic hydroxyl groups is 2. The molecule has 0 bridgehead atoms. The Hall–Kier alpha value is -4.17. The summed E-state index contributed by atoms with van der Waals surface area (Å²) in [6.45, 7) is 5.82. The molecule has 6 rings (SSSR count). The van der Waals surface area contributed by atoms with E-state index in [1.807, 2.05) is 24.3 Å². The zero-order chi connectivity index (χ0) is 31.4. The van der Waals surface area contributed by atoms with Crippen LogP contribution in [0, 0.1) is 17.8 Å². The Morgan fingerprint density at radius 2 is 1.86 bits per heavy atom. The smallest absolute Gasteiger partial charge is 0.253 e. The summed E-state index contributed by atoms with van der Waals surface area (Å²) in [6, 6.07) is 10.8. The van der Waals surface area contributed by atoms with E-state index in [1.54, 1.807) is 19.0 Å². The maximum Gasteiger partial charge on any atom is 0.253 e. The van der Waals surface area contributed by atoms with Gasteiger partial charge in [0.05, 0.1) is 23.1 Å². The van der Waals surface area contributed by atoms with Crippen LogP contribution in [0.5, 0.6) is 5.75 Å². The fourth-order valence-electron chi connectivity index (χ4n) is 7.95. The van der Waals surface area contributed by atoms with Crippen LogP contribution < -0.4 is 5.73 Å². The van der Waals surface area contributed by atoms with Crippen molar-refractivity contribution in [2.75, 3.05) is 27.2 Å². The molecule has 4 aliphatic rings. The fourth-order valence-corrected chi connectivity index (χ4v) is 7.95. The van der Waals surface area contributed by atoms with Crippen molar-refractivity contribution in [3.05, 3.63) is 93.6 Å². The summed E-state index contributed by atoms with van der Waals surface area (Å²) in [5.41, 5.74) is 12.3. The maximum atomic E-state index is 14.2. The average Bonchev–Trinajstić information content (AvgIpc) is 2.97. The molecular formula is C35H38FN3O5. The van der Waals surface area contributed by atoms with Crippen LogP contribution in [0.2, 0.25) is 0 Å². The van der Waals surface area contributed by atoms with Crippen molar-refractivity contribution >= 4 is 11.7 Å². The molecule has 0 aromatic heterocycles. The molecule has 0 spiro atoms. The number of carbonyl (C=O) groups excluding carboxylic acids is 2. The number of nitrogens with two attached hydrogens (primary N) is 1. The SMILES string of the molecule is C=C=C1C(C(N)=O)=C(O)[C@@H](N(C)C)C2CC3Cc4c(-c5cccc(CN6CCC(F)CC6)c5)ccc(O)c4C(=O)C3=C(O)C12.